The molecule has 4 rings (SSSR count). The molecule has 2 amide bonds. The molecule has 0 spiro atoms. The van der Waals surface area contributed by atoms with E-state index in [1.807, 2.05) is 37.4 Å². The first kappa shape index (κ1) is 31.0. The molecule has 1 atom stereocenters. The van der Waals surface area contributed by atoms with Crippen molar-refractivity contribution in [1.82, 2.24) is 15.0 Å². The average Bonchev–Trinajstić information content (AvgIpc) is 3.28. The predicted molar refractivity (Wildman–Crippen MR) is 164 cm³/mol. The van der Waals surface area contributed by atoms with Crippen LogP contribution in [0.2, 0.25) is 0 Å². The van der Waals surface area contributed by atoms with E-state index in [0.717, 1.165) is 51.4 Å². The highest BCUT2D eigenvalue weighted by molar-refractivity contribution is 7.98. The summed E-state index contributed by atoms with van der Waals surface area (Å²) in [6, 6.07) is 7.81. The highest BCUT2D eigenvalue weighted by Crippen LogP contribution is 2.39. The van der Waals surface area contributed by atoms with Gasteiger partial charge in [-0.15, -0.1) is 11.3 Å². The first-order valence-electron chi connectivity index (χ1n) is 13.8. The van der Waals surface area contributed by atoms with Crippen molar-refractivity contribution in [1.29, 1.82) is 0 Å². The summed E-state index contributed by atoms with van der Waals surface area (Å²) in [5.41, 5.74) is 4.80. The number of nitrogens with zero attached hydrogens (tertiary/aromatic N) is 2. The number of thiophene rings is 1. The third-order valence-corrected chi connectivity index (χ3v) is 8.92. The normalized spacial score (nSPS) is 16.4. The molecule has 1 aliphatic heterocycles. The number of fused-ring (bicyclic) bond motifs is 3. The van der Waals surface area contributed by atoms with Crippen LogP contribution in [-0.4, -0.2) is 38.4 Å². The van der Waals surface area contributed by atoms with Crippen molar-refractivity contribution in [3.05, 3.63) is 62.8 Å². The maximum absolute atomic E-state index is 13.6. The number of unbranched alkanes of at least 4 members (excludes halogenated alkanes) is 3. The molecule has 2 aromatic heterocycles. The van der Waals surface area contributed by atoms with Crippen molar-refractivity contribution in [3.8, 4) is 0 Å². The Morgan fingerprint density at radius 3 is 2.63 bits per heavy atom. The molecule has 3 N–H and O–H groups in total. The number of carbonyl (C=O) groups excluding carboxylic acids is 2. The van der Waals surface area contributed by atoms with Crippen molar-refractivity contribution < 1.29 is 19.5 Å². The SMILES string of the molecule is C=C(C)Cn1c(SC)nc2sc3c(c2c1=O)CC(C)(Cc1cccc(NC(=O)CCCCCCC(=O)NO)c1)OC3. The zero-order chi connectivity index (χ0) is 29.6. The molecule has 0 saturated heterocycles. The van der Waals surface area contributed by atoms with Crippen LogP contribution in [0.15, 0.2) is 46.4 Å². The van der Waals surface area contributed by atoms with E-state index >= 15 is 0 Å². The summed E-state index contributed by atoms with van der Waals surface area (Å²) in [5.74, 6) is -0.434. The summed E-state index contributed by atoms with van der Waals surface area (Å²) in [5, 5.41) is 12.9. The Morgan fingerprint density at radius 2 is 1.95 bits per heavy atom. The zero-order valence-electron chi connectivity index (χ0n) is 23.9. The fraction of sp³-hybridized carbons (Fsp3) is 0.467. The molecule has 11 heteroatoms. The molecule has 3 aromatic rings. The van der Waals surface area contributed by atoms with E-state index in [1.54, 1.807) is 10.0 Å². The number of anilines is 1. The highest BCUT2D eigenvalue weighted by atomic mass is 32.2. The lowest BCUT2D eigenvalue weighted by Gasteiger charge is -2.34. The van der Waals surface area contributed by atoms with E-state index in [-0.39, 0.29) is 23.8 Å². The van der Waals surface area contributed by atoms with Crippen LogP contribution in [0.1, 0.15) is 68.4 Å². The van der Waals surface area contributed by atoms with Gasteiger partial charge in [0.2, 0.25) is 11.8 Å². The Bertz CT molecular complexity index is 1500. The third kappa shape index (κ3) is 7.85. The Labute approximate surface area is 248 Å². The third-order valence-electron chi connectivity index (χ3n) is 7.14. The molecule has 0 radical (unpaired) electrons. The summed E-state index contributed by atoms with van der Waals surface area (Å²) in [6.45, 7) is 8.85. The average molecular weight is 599 g/mol. The van der Waals surface area contributed by atoms with Crippen molar-refractivity contribution in [2.45, 2.75) is 89.1 Å². The Hall–Kier alpha value is -2.99. The standard InChI is InChI=1S/C30H38N4O5S2/c1-19(2)17-34-28(37)26-22-16-30(3,39-18-23(22)41-27(26)32-29(34)40-4)15-20-10-9-11-21(14-20)31-24(35)12-7-5-6-8-13-25(36)33-38/h9-11,14,38H,1,5-8,12-13,15-18H2,2-4H3,(H,31,35)(H,33,36). The summed E-state index contributed by atoms with van der Waals surface area (Å²) in [7, 11) is 0. The summed E-state index contributed by atoms with van der Waals surface area (Å²) >= 11 is 3.00. The highest BCUT2D eigenvalue weighted by Gasteiger charge is 2.35. The van der Waals surface area contributed by atoms with Gasteiger partial charge in [-0.3, -0.25) is 24.2 Å². The largest absolute Gasteiger partial charge is 0.369 e. The maximum atomic E-state index is 13.6. The van der Waals surface area contributed by atoms with Crippen LogP contribution < -0.4 is 16.4 Å². The van der Waals surface area contributed by atoms with Gasteiger partial charge in [-0.2, -0.15) is 0 Å². The Balaban J connectivity index is 1.41. The van der Waals surface area contributed by atoms with Gasteiger partial charge in [0, 0.05) is 42.8 Å². The smallest absolute Gasteiger partial charge is 0.263 e. The quantitative estimate of drug-likeness (QED) is 0.0583. The number of amides is 2. The van der Waals surface area contributed by atoms with Gasteiger partial charge in [0.25, 0.3) is 5.56 Å². The van der Waals surface area contributed by atoms with Gasteiger partial charge in [0.05, 0.1) is 17.6 Å². The van der Waals surface area contributed by atoms with Gasteiger partial charge in [0.15, 0.2) is 5.16 Å². The van der Waals surface area contributed by atoms with Crippen LogP contribution in [0, 0.1) is 0 Å². The summed E-state index contributed by atoms with van der Waals surface area (Å²) in [6.07, 6.45) is 6.92. The number of hydroxylamine groups is 1. The minimum absolute atomic E-state index is 0.0236. The first-order valence-corrected chi connectivity index (χ1v) is 15.9. The van der Waals surface area contributed by atoms with Gasteiger partial charge < -0.3 is 10.1 Å². The molecule has 1 aromatic carbocycles. The van der Waals surface area contributed by atoms with Crippen LogP contribution in [0.3, 0.4) is 0 Å². The van der Waals surface area contributed by atoms with Gasteiger partial charge in [-0.1, -0.05) is 48.9 Å². The number of hydrogen-bond donors (Lipinski definition) is 3. The van der Waals surface area contributed by atoms with Gasteiger partial charge in [-0.05, 0) is 56.2 Å². The second kappa shape index (κ2) is 13.8. The van der Waals surface area contributed by atoms with E-state index in [4.69, 9.17) is 14.9 Å². The number of thioether (sulfide) groups is 1. The fourth-order valence-corrected chi connectivity index (χ4v) is 6.91. The van der Waals surface area contributed by atoms with Crippen molar-refractivity contribution >= 4 is 50.8 Å². The van der Waals surface area contributed by atoms with Crippen molar-refractivity contribution in [2.24, 2.45) is 0 Å². The molecule has 0 bridgehead atoms. The molecule has 1 unspecified atom stereocenters. The number of benzene rings is 1. The van der Waals surface area contributed by atoms with E-state index in [0.29, 0.717) is 49.4 Å². The minimum atomic E-state index is -0.514. The predicted octanol–water partition coefficient (Wildman–Crippen LogP) is 5.61. The van der Waals surface area contributed by atoms with Gasteiger partial charge in [-0.25, -0.2) is 10.5 Å². The lowest BCUT2D eigenvalue weighted by atomic mass is 9.87. The Morgan fingerprint density at radius 1 is 1.22 bits per heavy atom. The second-order valence-corrected chi connectivity index (χ2v) is 12.8. The first-order chi connectivity index (χ1) is 19.6. The molecule has 0 fully saturated rings. The van der Waals surface area contributed by atoms with E-state index < -0.39 is 5.60 Å². The van der Waals surface area contributed by atoms with Crippen LogP contribution in [0.5, 0.6) is 0 Å². The van der Waals surface area contributed by atoms with E-state index in [2.05, 4.69) is 18.8 Å². The van der Waals surface area contributed by atoms with Crippen LogP contribution in [0.4, 0.5) is 5.69 Å². The van der Waals surface area contributed by atoms with Crippen molar-refractivity contribution in [2.75, 3.05) is 11.6 Å². The molecule has 9 nitrogen and oxygen atoms in total. The molecular weight excluding hydrogens is 560 g/mol. The number of ether oxygens (including phenoxy) is 1. The zero-order valence-corrected chi connectivity index (χ0v) is 25.5. The Kier molecular flexibility index (Phi) is 10.4. The van der Waals surface area contributed by atoms with Crippen LogP contribution in [0.25, 0.3) is 10.2 Å². The maximum Gasteiger partial charge on any atom is 0.263 e. The number of hydrogen-bond acceptors (Lipinski definition) is 8. The molecule has 0 saturated carbocycles. The van der Waals surface area contributed by atoms with Crippen LogP contribution >= 0.6 is 23.1 Å². The monoisotopic (exact) mass is 598 g/mol. The summed E-state index contributed by atoms with van der Waals surface area (Å²) < 4.78 is 8.09. The van der Waals surface area contributed by atoms with E-state index in [1.165, 1.54) is 23.1 Å². The van der Waals surface area contributed by atoms with Crippen LogP contribution in [-0.2, 0) is 40.3 Å². The summed E-state index contributed by atoms with van der Waals surface area (Å²) in [4.78, 5) is 43.8. The number of carbonyl (C=O) groups is 2. The number of allylic oxidation sites excluding steroid dienone is 1. The van der Waals surface area contributed by atoms with Gasteiger partial charge in [0.1, 0.15) is 4.83 Å². The number of rotatable bonds is 13. The fourth-order valence-electron chi connectivity index (χ4n) is 5.21. The van der Waals surface area contributed by atoms with E-state index in [9.17, 15) is 14.4 Å². The minimum Gasteiger partial charge on any atom is -0.369 e. The lowest BCUT2D eigenvalue weighted by molar-refractivity contribution is -0.129. The van der Waals surface area contributed by atoms with Gasteiger partial charge >= 0.3 is 0 Å². The molecule has 1 aliphatic rings. The lowest BCUT2D eigenvalue weighted by Crippen LogP contribution is -2.37. The topological polar surface area (TPSA) is 123 Å². The molecule has 220 valence electrons. The second-order valence-electron chi connectivity index (χ2n) is 10.9. The number of aromatic nitrogens is 2. The molecule has 3 heterocycles. The molecule has 0 aliphatic carbocycles. The molecular formula is C30H38N4O5S2. The van der Waals surface area contributed by atoms with Crippen molar-refractivity contribution in [3.63, 3.8) is 0 Å². The number of nitrogens with one attached hydrogen (secondary N) is 2. The molecule has 41 heavy (non-hydrogen) atoms.